The highest BCUT2D eigenvalue weighted by Crippen LogP contribution is 2.32. The van der Waals surface area contributed by atoms with Gasteiger partial charge in [-0.25, -0.2) is 0 Å². The van der Waals surface area contributed by atoms with Crippen molar-refractivity contribution in [1.29, 1.82) is 0 Å². The smallest absolute Gasteiger partial charge is 0.225 e. The van der Waals surface area contributed by atoms with E-state index in [0.717, 1.165) is 17.9 Å². The highest BCUT2D eigenvalue weighted by molar-refractivity contribution is 5.89. The molecule has 5 heteroatoms. The van der Waals surface area contributed by atoms with Crippen LogP contribution >= 0.6 is 0 Å². The quantitative estimate of drug-likeness (QED) is 0.836. The molecule has 0 radical (unpaired) electrons. The maximum absolute atomic E-state index is 12.3. The van der Waals surface area contributed by atoms with Crippen LogP contribution in [-0.4, -0.2) is 36.4 Å². The van der Waals surface area contributed by atoms with E-state index in [0.29, 0.717) is 32.0 Å². The molecule has 1 heterocycles. The average Bonchev–Trinajstić information content (AvgIpc) is 3.29. The summed E-state index contributed by atoms with van der Waals surface area (Å²) >= 11 is 0. The van der Waals surface area contributed by atoms with Crippen molar-refractivity contribution in [3.63, 3.8) is 0 Å². The van der Waals surface area contributed by atoms with Crippen molar-refractivity contribution in [2.24, 2.45) is 11.8 Å². The largest absolute Gasteiger partial charge is 0.494 e. The van der Waals surface area contributed by atoms with Gasteiger partial charge >= 0.3 is 0 Å². The molecule has 2 amide bonds. The third-order valence-electron chi connectivity index (χ3n) is 4.49. The first-order chi connectivity index (χ1) is 11.2. The Balaban J connectivity index is 1.52. The summed E-state index contributed by atoms with van der Waals surface area (Å²) in [7, 11) is 0. The molecule has 0 bridgehead atoms. The summed E-state index contributed by atoms with van der Waals surface area (Å²) in [6.07, 6.45) is 2.77. The predicted octanol–water partition coefficient (Wildman–Crippen LogP) is 1.96. The minimum atomic E-state index is -0.222. The number of carbonyl (C=O) groups is 2. The minimum absolute atomic E-state index is 0.0389. The van der Waals surface area contributed by atoms with Gasteiger partial charge in [0, 0.05) is 31.6 Å². The van der Waals surface area contributed by atoms with Crippen LogP contribution in [0.5, 0.6) is 5.75 Å². The van der Waals surface area contributed by atoms with Gasteiger partial charge in [0.2, 0.25) is 11.8 Å². The van der Waals surface area contributed by atoms with Crippen molar-refractivity contribution in [3.05, 3.63) is 29.8 Å². The molecule has 5 nitrogen and oxygen atoms in total. The summed E-state index contributed by atoms with van der Waals surface area (Å²) < 4.78 is 5.57. The van der Waals surface area contributed by atoms with Crippen LogP contribution in [0.3, 0.4) is 0 Å². The van der Waals surface area contributed by atoms with Crippen LogP contribution in [-0.2, 0) is 16.1 Å². The number of amides is 2. The lowest BCUT2D eigenvalue weighted by Crippen LogP contribution is -2.33. The van der Waals surface area contributed by atoms with Crippen LogP contribution in [0.25, 0.3) is 0 Å². The van der Waals surface area contributed by atoms with E-state index in [1.807, 2.05) is 36.1 Å². The zero-order valence-electron chi connectivity index (χ0n) is 13.6. The molecule has 1 aliphatic heterocycles. The molecule has 2 aliphatic rings. The van der Waals surface area contributed by atoms with Crippen molar-refractivity contribution < 1.29 is 14.3 Å². The number of nitrogens with one attached hydrogen (secondary N) is 1. The van der Waals surface area contributed by atoms with E-state index < -0.39 is 0 Å². The van der Waals surface area contributed by atoms with Crippen molar-refractivity contribution in [3.8, 4) is 5.75 Å². The van der Waals surface area contributed by atoms with E-state index in [-0.39, 0.29) is 17.7 Å². The fourth-order valence-electron chi connectivity index (χ4n) is 3.01. The molecule has 1 N–H and O–H groups in total. The highest BCUT2D eigenvalue weighted by atomic mass is 16.5. The molecule has 1 aromatic carbocycles. The van der Waals surface area contributed by atoms with Crippen LogP contribution in [0, 0.1) is 11.8 Å². The van der Waals surface area contributed by atoms with Gasteiger partial charge in [0.1, 0.15) is 5.75 Å². The van der Waals surface area contributed by atoms with E-state index in [9.17, 15) is 9.59 Å². The number of para-hydroxylation sites is 1. The van der Waals surface area contributed by atoms with Gasteiger partial charge in [-0.05, 0) is 31.7 Å². The first-order valence-corrected chi connectivity index (χ1v) is 8.43. The SMILES string of the molecule is CCOc1ccccc1CNC(=O)C1CC(=O)N(CC2CC2)C1. The monoisotopic (exact) mass is 316 g/mol. The van der Waals surface area contributed by atoms with E-state index >= 15 is 0 Å². The Bertz CT molecular complexity index is 583. The molecule has 124 valence electrons. The zero-order valence-corrected chi connectivity index (χ0v) is 13.6. The van der Waals surface area contributed by atoms with Crippen LogP contribution in [0.1, 0.15) is 31.7 Å². The summed E-state index contributed by atoms with van der Waals surface area (Å²) in [5.41, 5.74) is 0.960. The summed E-state index contributed by atoms with van der Waals surface area (Å²) in [4.78, 5) is 26.2. The number of carbonyl (C=O) groups excluding carboxylic acids is 2. The first-order valence-electron chi connectivity index (χ1n) is 8.43. The number of nitrogens with zero attached hydrogens (tertiary/aromatic N) is 1. The van der Waals surface area contributed by atoms with Crippen molar-refractivity contribution >= 4 is 11.8 Å². The Kier molecular flexibility index (Phi) is 4.84. The Morgan fingerprint density at radius 3 is 2.87 bits per heavy atom. The fraction of sp³-hybridized carbons (Fsp3) is 0.556. The molecule has 3 rings (SSSR count). The molecule has 1 aromatic rings. The second kappa shape index (κ2) is 7.02. The average molecular weight is 316 g/mol. The molecular formula is C18H24N2O3. The Labute approximate surface area is 137 Å². The maximum Gasteiger partial charge on any atom is 0.225 e. The van der Waals surface area contributed by atoms with Crippen molar-refractivity contribution in [2.45, 2.75) is 32.7 Å². The lowest BCUT2D eigenvalue weighted by Gasteiger charge is -2.16. The van der Waals surface area contributed by atoms with Crippen molar-refractivity contribution in [2.75, 3.05) is 19.7 Å². The molecule has 1 unspecified atom stereocenters. The minimum Gasteiger partial charge on any atom is -0.494 e. The number of hydrogen-bond acceptors (Lipinski definition) is 3. The second-order valence-electron chi connectivity index (χ2n) is 6.40. The summed E-state index contributed by atoms with van der Waals surface area (Å²) in [5, 5.41) is 2.95. The number of rotatable bonds is 7. The lowest BCUT2D eigenvalue weighted by molar-refractivity contribution is -0.129. The van der Waals surface area contributed by atoms with Crippen LogP contribution < -0.4 is 10.1 Å². The van der Waals surface area contributed by atoms with Gasteiger partial charge in [0.05, 0.1) is 12.5 Å². The highest BCUT2D eigenvalue weighted by Gasteiger charge is 2.36. The van der Waals surface area contributed by atoms with Gasteiger partial charge in [0.25, 0.3) is 0 Å². The topological polar surface area (TPSA) is 58.6 Å². The Morgan fingerprint density at radius 2 is 2.13 bits per heavy atom. The Morgan fingerprint density at radius 1 is 1.35 bits per heavy atom. The van der Waals surface area contributed by atoms with Crippen LogP contribution in [0.15, 0.2) is 24.3 Å². The van der Waals surface area contributed by atoms with Gasteiger partial charge in [-0.2, -0.15) is 0 Å². The van der Waals surface area contributed by atoms with Gasteiger partial charge in [-0.3, -0.25) is 9.59 Å². The van der Waals surface area contributed by atoms with Gasteiger partial charge in [0.15, 0.2) is 0 Å². The molecule has 1 saturated heterocycles. The van der Waals surface area contributed by atoms with Gasteiger partial charge in [-0.1, -0.05) is 18.2 Å². The van der Waals surface area contributed by atoms with Crippen LogP contribution in [0.2, 0.25) is 0 Å². The molecule has 1 atom stereocenters. The normalized spacial score (nSPS) is 20.7. The summed E-state index contributed by atoms with van der Waals surface area (Å²) in [6, 6.07) is 7.70. The second-order valence-corrected chi connectivity index (χ2v) is 6.40. The number of hydrogen-bond donors (Lipinski definition) is 1. The van der Waals surface area contributed by atoms with E-state index in [4.69, 9.17) is 4.74 Å². The van der Waals surface area contributed by atoms with Crippen LogP contribution in [0.4, 0.5) is 0 Å². The molecular weight excluding hydrogens is 292 g/mol. The lowest BCUT2D eigenvalue weighted by atomic mass is 10.1. The third-order valence-corrected chi connectivity index (χ3v) is 4.49. The standard InChI is InChI=1S/C18H24N2O3/c1-2-23-16-6-4-3-5-14(16)10-19-18(22)15-9-17(21)20(12-15)11-13-7-8-13/h3-6,13,15H,2,7-12H2,1H3,(H,19,22). The predicted molar refractivity (Wildman–Crippen MR) is 86.9 cm³/mol. The van der Waals surface area contributed by atoms with E-state index in [1.54, 1.807) is 0 Å². The fourth-order valence-corrected chi connectivity index (χ4v) is 3.01. The zero-order chi connectivity index (χ0) is 16.2. The molecule has 23 heavy (non-hydrogen) atoms. The molecule has 2 fully saturated rings. The Hall–Kier alpha value is -2.04. The van der Waals surface area contributed by atoms with Crippen molar-refractivity contribution in [1.82, 2.24) is 10.2 Å². The van der Waals surface area contributed by atoms with Gasteiger partial charge in [-0.15, -0.1) is 0 Å². The number of ether oxygens (including phenoxy) is 1. The van der Waals surface area contributed by atoms with E-state index in [2.05, 4.69) is 5.32 Å². The number of likely N-dealkylation sites (tertiary alicyclic amines) is 1. The summed E-state index contributed by atoms with van der Waals surface area (Å²) in [5.74, 6) is 1.32. The van der Waals surface area contributed by atoms with Gasteiger partial charge < -0.3 is 15.0 Å². The third kappa shape index (κ3) is 4.03. The molecule has 0 spiro atoms. The number of benzene rings is 1. The van der Waals surface area contributed by atoms with E-state index in [1.165, 1.54) is 12.8 Å². The summed E-state index contributed by atoms with van der Waals surface area (Å²) in [6.45, 7) is 4.36. The molecule has 1 saturated carbocycles. The maximum atomic E-state index is 12.3. The molecule has 1 aliphatic carbocycles. The molecule has 0 aromatic heterocycles. The first kappa shape index (κ1) is 15.8.